The van der Waals surface area contributed by atoms with Crippen LogP contribution in [0.5, 0.6) is 0 Å². The number of carbonyl (C=O) groups is 1. The molecule has 0 amide bonds. The van der Waals surface area contributed by atoms with Crippen LogP contribution in [0.2, 0.25) is 0 Å². The van der Waals surface area contributed by atoms with Crippen molar-refractivity contribution in [3.05, 3.63) is 94.2 Å². The maximum atomic E-state index is 11.9. The lowest BCUT2D eigenvalue weighted by Gasteiger charge is -2.07. The van der Waals surface area contributed by atoms with Crippen molar-refractivity contribution in [2.45, 2.75) is 13.3 Å². The molecule has 0 spiro atoms. The molecule has 0 bridgehead atoms. The number of carbonyl (C=O) groups excluding carboxylic acids is 1. The van der Waals surface area contributed by atoms with Gasteiger partial charge in [-0.3, -0.25) is 14.3 Å². The molecule has 5 heteroatoms. The highest BCUT2D eigenvalue weighted by Crippen LogP contribution is 2.13. The van der Waals surface area contributed by atoms with Crippen molar-refractivity contribution in [2.24, 2.45) is 0 Å². The number of hydrogen-bond donors (Lipinski definition) is 0. The van der Waals surface area contributed by atoms with Gasteiger partial charge in [0.15, 0.2) is 0 Å². The summed E-state index contributed by atoms with van der Waals surface area (Å²) in [6.45, 7) is 2.11. The van der Waals surface area contributed by atoms with Crippen molar-refractivity contribution in [1.82, 2.24) is 9.55 Å². The molecule has 0 fully saturated rings. The summed E-state index contributed by atoms with van der Waals surface area (Å²) >= 11 is 0. The molecule has 25 heavy (non-hydrogen) atoms. The molecule has 0 radical (unpaired) electrons. The zero-order chi connectivity index (χ0) is 17.6. The molecular weight excluding hydrogens is 316 g/mol. The van der Waals surface area contributed by atoms with Gasteiger partial charge in [-0.25, -0.2) is 4.79 Å². The Morgan fingerprint density at radius 2 is 1.88 bits per heavy atom. The van der Waals surface area contributed by atoms with Crippen molar-refractivity contribution in [2.75, 3.05) is 6.61 Å². The number of aromatic nitrogens is 2. The molecule has 0 saturated heterocycles. The summed E-state index contributed by atoms with van der Waals surface area (Å²) in [6.07, 6.45) is 5.62. The molecular formula is C20H18N2O3. The second-order valence-electron chi connectivity index (χ2n) is 5.55. The molecule has 0 aliphatic heterocycles. The van der Waals surface area contributed by atoms with Crippen LogP contribution in [0.25, 0.3) is 5.69 Å². The minimum atomic E-state index is -0.365. The Kier molecular flexibility index (Phi) is 5.04. The number of nitrogens with zero attached hydrogens (tertiary/aromatic N) is 2. The van der Waals surface area contributed by atoms with E-state index in [-0.39, 0.29) is 11.5 Å². The lowest BCUT2D eigenvalue weighted by Crippen LogP contribution is -2.15. The number of ether oxygens (including phenoxy) is 1. The number of esters is 1. The zero-order valence-electron chi connectivity index (χ0n) is 13.9. The molecule has 0 unspecified atom stereocenters. The lowest BCUT2D eigenvalue weighted by molar-refractivity contribution is 0.0525. The minimum absolute atomic E-state index is 0.0680. The summed E-state index contributed by atoms with van der Waals surface area (Å²) in [5.41, 5.74) is 3.19. The van der Waals surface area contributed by atoms with Gasteiger partial charge in [0.05, 0.1) is 12.2 Å². The summed E-state index contributed by atoms with van der Waals surface area (Å²) in [5.74, 6) is -0.365. The Balaban J connectivity index is 1.78. The summed E-state index contributed by atoms with van der Waals surface area (Å²) in [7, 11) is 0. The first-order valence-corrected chi connectivity index (χ1v) is 8.05. The van der Waals surface area contributed by atoms with Gasteiger partial charge in [0.2, 0.25) is 0 Å². The molecule has 5 nitrogen and oxygen atoms in total. The van der Waals surface area contributed by atoms with E-state index in [1.165, 1.54) is 12.3 Å². The van der Waals surface area contributed by atoms with Crippen LogP contribution in [0.15, 0.2) is 71.9 Å². The van der Waals surface area contributed by atoms with E-state index in [1.807, 2.05) is 30.3 Å². The number of pyridine rings is 2. The first-order chi connectivity index (χ1) is 12.2. The van der Waals surface area contributed by atoms with Gasteiger partial charge in [-0.1, -0.05) is 18.2 Å². The third kappa shape index (κ3) is 4.01. The number of hydrogen-bond acceptors (Lipinski definition) is 4. The van der Waals surface area contributed by atoms with Gasteiger partial charge in [0.1, 0.15) is 0 Å². The largest absolute Gasteiger partial charge is 0.462 e. The van der Waals surface area contributed by atoms with Crippen molar-refractivity contribution in [3.63, 3.8) is 0 Å². The van der Waals surface area contributed by atoms with E-state index in [4.69, 9.17) is 4.74 Å². The van der Waals surface area contributed by atoms with Gasteiger partial charge in [-0.05, 0) is 48.7 Å². The molecule has 0 aliphatic carbocycles. The first-order valence-electron chi connectivity index (χ1n) is 8.05. The van der Waals surface area contributed by atoms with E-state index in [0.717, 1.165) is 16.8 Å². The molecule has 1 aromatic carbocycles. The van der Waals surface area contributed by atoms with Crippen LogP contribution in [-0.2, 0) is 11.2 Å². The third-order valence-electron chi connectivity index (χ3n) is 3.75. The third-order valence-corrected chi connectivity index (χ3v) is 3.75. The minimum Gasteiger partial charge on any atom is -0.462 e. The second kappa shape index (κ2) is 7.57. The van der Waals surface area contributed by atoms with Gasteiger partial charge < -0.3 is 4.74 Å². The summed E-state index contributed by atoms with van der Waals surface area (Å²) < 4.78 is 6.59. The highest BCUT2D eigenvalue weighted by Gasteiger charge is 2.08. The number of rotatable bonds is 5. The fourth-order valence-corrected chi connectivity index (χ4v) is 2.56. The van der Waals surface area contributed by atoms with Gasteiger partial charge >= 0.3 is 5.97 Å². The molecule has 0 aliphatic rings. The second-order valence-corrected chi connectivity index (χ2v) is 5.55. The van der Waals surface area contributed by atoms with Crippen LogP contribution in [0.3, 0.4) is 0 Å². The molecule has 0 N–H and O–H groups in total. The topological polar surface area (TPSA) is 61.2 Å². The normalized spacial score (nSPS) is 10.4. The van der Waals surface area contributed by atoms with E-state index in [1.54, 1.807) is 36.0 Å². The lowest BCUT2D eigenvalue weighted by atomic mass is 10.0. The first kappa shape index (κ1) is 16.6. The smallest absolute Gasteiger partial charge is 0.339 e. The van der Waals surface area contributed by atoms with Crippen LogP contribution in [0.1, 0.15) is 28.4 Å². The monoisotopic (exact) mass is 334 g/mol. The molecule has 126 valence electrons. The molecule has 0 saturated carbocycles. The predicted octanol–water partition coefficient (Wildman–Crippen LogP) is 3.00. The van der Waals surface area contributed by atoms with E-state index < -0.39 is 0 Å². The van der Waals surface area contributed by atoms with E-state index >= 15 is 0 Å². The summed E-state index contributed by atoms with van der Waals surface area (Å²) in [5, 5.41) is 0. The van der Waals surface area contributed by atoms with Crippen LogP contribution >= 0.6 is 0 Å². The average Bonchev–Trinajstić information content (AvgIpc) is 2.63. The van der Waals surface area contributed by atoms with E-state index in [0.29, 0.717) is 18.6 Å². The molecule has 3 rings (SSSR count). The van der Waals surface area contributed by atoms with Crippen LogP contribution in [0, 0.1) is 0 Å². The van der Waals surface area contributed by atoms with Crippen LogP contribution < -0.4 is 5.56 Å². The van der Waals surface area contributed by atoms with Crippen molar-refractivity contribution < 1.29 is 9.53 Å². The van der Waals surface area contributed by atoms with Gasteiger partial charge in [0.25, 0.3) is 5.56 Å². The molecule has 2 heterocycles. The van der Waals surface area contributed by atoms with Gasteiger partial charge in [-0.2, -0.15) is 0 Å². The maximum absolute atomic E-state index is 11.9. The highest BCUT2D eigenvalue weighted by molar-refractivity contribution is 5.89. The van der Waals surface area contributed by atoms with Crippen LogP contribution in [-0.4, -0.2) is 22.1 Å². The quantitative estimate of drug-likeness (QED) is 0.673. The van der Waals surface area contributed by atoms with Crippen LogP contribution in [0.4, 0.5) is 0 Å². The van der Waals surface area contributed by atoms with Crippen molar-refractivity contribution in [1.29, 1.82) is 0 Å². The van der Waals surface area contributed by atoms with E-state index in [9.17, 15) is 9.59 Å². The standard InChI is InChI=1S/C20H18N2O3/c1-2-25-20(24)17-12-16(13-21-14-17)11-15-6-8-18(9-7-15)22-10-4-3-5-19(22)23/h3-10,12-14H,2,11H2,1H3. The predicted molar refractivity (Wildman–Crippen MR) is 95.0 cm³/mol. The zero-order valence-corrected chi connectivity index (χ0v) is 13.9. The summed E-state index contributed by atoms with van der Waals surface area (Å²) in [4.78, 5) is 27.8. The fourth-order valence-electron chi connectivity index (χ4n) is 2.56. The Bertz CT molecular complexity index is 930. The molecule has 0 atom stereocenters. The Labute approximate surface area is 145 Å². The highest BCUT2D eigenvalue weighted by atomic mass is 16.5. The Hall–Kier alpha value is -3.21. The van der Waals surface area contributed by atoms with Gasteiger partial charge in [-0.15, -0.1) is 0 Å². The van der Waals surface area contributed by atoms with Crippen molar-refractivity contribution in [3.8, 4) is 5.69 Å². The molecule has 3 aromatic rings. The maximum Gasteiger partial charge on any atom is 0.339 e. The van der Waals surface area contributed by atoms with Gasteiger partial charge in [0, 0.05) is 30.3 Å². The number of benzene rings is 1. The molecule has 2 aromatic heterocycles. The van der Waals surface area contributed by atoms with Crippen molar-refractivity contribution >= 4 is 5.97 Å². The van der Waals surface area contributed by atoms with E-state index in [2.05, 4.69) is 4.98 Å². The Morgan fingerprint density at radius 1 is 1.08 bits per heavy atom. The summed E-state index contributed by atoms with van der Waals surface area (Å²) in [6, 6.07) is 14.6. The Morgan fingerprint density at radius 3 is 2.60 bits per heavy atom. The fraction of sp³-hybridized carbons (Fsp3) is 0.150. The SMILES string of the molecule is CCOC(=O)c1cncc(Cc2ccc(-n3ccccc3=O)cc2)c1. The average molecular weight is 334 g/mol.